The first kappa shape index (κ1) is 16.8. The van der Waals surface area contributed by atoms with E-state index in [1.165, 1.54) is 5.69 Å². The number of aromatic nitrogens is 4. The van der Waals surface area contributed by atoms with Gasteiger partial charge < -0.3 is 19.9 Å². The monoisotopic (exact) mass is 376 g/mol. The van der Waals surface area contributed by atoms with Crippen molar-refractivity contribution >= 4 is 33.6 Å². The molecule has 0 radical (unpaired) electrons. The maximum atomic E-state index is 11.3. The van der Waals surface area contributed by atoms with Crippen LogP contribution >= 0.6 is 0 Å². The Morgan fingerprint density at radius 1 is 1.07 bits per heavy atom. The van der Waals surface area contributed by atoms with Crippen LogP contribution in [0.25, 0.3) is 33.5 Å². The van der Waals surface area contributed by atoms with Gasteiger partial charge in [-0.15, -0.1) is 0 Å². The van der Waals surface area contributed by atoms with E-state index in [-0.39, 0.29) is 5.56 Å². The van der Waals surface area contributed by atoms with Crippen molar-refractivity contribution in [3.8, 4) is 11.5 Å². The summed E-state index contributed by atoms with van der Waals surface area (Å²) in [6, 6.07) is 11.1. The number of imidazole rings is 1. The van der Waals surface area contributed by atoms with Crippen molar-refractivity contribution < 1.29 is 9.90 Å². The maximum Gasteiger partial charge on any atom is 0.335 e. The molecule has 1 aliphatic heterocycles. The van der Waals surface area contributed by atoms with Crippen molar-refractivity contribution in [3.63, 3.8) is 0 Å². The molecule has 8 nitrogen and oxygen atoms in total. The summed E-state index contributed by atoms with van der Waals surface area (Å²) in [5.74, 6) is -0.338. The number of likely N-dealkylation sites (N-methyl/N-ethyl adjacent to an activating group) is 1. The van der Waals surface area contributed by atoms with Crippen molar-refractivity contribution in [2.45, 2.75) is 0 Å². The van der Waals surface area contributed by atoms with Crippen molar-refractivity contribution in [1.82, 2.24) is 25.1 Å². The van der Waals surface area contributed by atoms with Gasteiger partial charge in [-0.3, -0.25) is 5.10 Å². The van der Waals surface area contributed by atoms with Crippen molar-refractivity contribution in [3.05, 3.63) is 42.0 Å². The fourth-order valence-electron chi connectivity index (χ4n) is 3.70. The van der Waals surface area contributed by atoms with Crippen LogP contribution in [0, 0.1) is 0 Å². The Morgan fingerprint density at radius 2 is 1.89 bits per heavy atom. The third kappa shape index (κ3) is 2.78. The van der Waals surface area contributed by atoms with E-state index in [2.05, 4.69) is 49.1 Å². The summed E-state index contributed by atoms with van der Waals surface area (Å²) in [5, 5.41) is 17.3. The second-order valence-corrected chi connectivity index (χ2v) is 7.21. The third-order valence-corrected chi connectivity index (χ3v) is 5.37. The molecule has 28 heavy (non-hydrogen) atoms. The lowest BCUT2D eigenvalue weighted by atomic mass is 10.1. The van der Waals surface area contributed by atoms with E-state index in [4.69, 9.17) is 0 Å². The molecule has 8 heteroatoms. The van der Waals surface area contributed by atoms with Gasteiger partial charge in [0.25, 0.3) is 0 Å². The molecule has 142 valence electrons. The maximum absolute atomic E-state index is 11.3. The average molecular weight is 376 g/mol. The number of aromatic carboxylic acids is 1. The Bertz CT molecular complexity index is 1190. The van der Waals surface area contributed by atoms with Gasteiger partial charge in [0, 0.05) is 37.3 Å². The molecular weight excluding hydrogens is 356 g/mol. The Hall–Kier alpha value is -3.39. The number of hydrogen-bond donors (Lipinski definition) is 3. The van der Waals surface area contributed by atoms with E-state index in [1.807, 2.05) is 6.07 Å². The number of anilines is 1. The number of fused-ring (bicyclic) bond motifs is 2. The van der Waals surface area contributed by atoms with Gasteiger partial charge in [-0.05, 0) is 43.4 Å². The molecule has 4 aromatic rings. The minimum absolute atomic E-state index is 0.226. The van der Waals surface area contributed by atoms with Gasteiger partial charge in [0.1, 0.15) is 5.69 Å². The molecular formula is C20H20N6O2. The molecule has 2 aromatic heterocycles. The molecule has 3 heterocycles. The molecule has 1 aliphatic rings. The first-order valence-corrected chi connectivity index (χ1v) is 9.23. The standard InChI is InChI=1S/C20H20N6O2/c1-25-6-8-26(9-7-25)13-3-5-16-17(11-13)22-19(21-16)18-14-10-12(20(27)28)2-4-15(14)23-24-18/h2-5,10-11H,6-9H2,1H3,(H,21,22)(H,23,24)(H,27,28). The molecule has 0 aliphatic carbocycles. The summed E-state index contributed by atoms with van der Waals surface area (Å²) in [7, 11) is 2.14. The van der Waals surface area contributed by atoms with E-state index in [0.29, 0.717) is 11.5 Å². The fourth-order valence-corrected chi connectivity index (χ4v) is 3.70. The zero-order valence-electron chi connectivity index (χ0n) is 15.4. The Balaban J connectivity index is 1.54. The molecule has 1 saturated heterocycles. The number of H-pyrrole nitrogens is 2. The number of aromatic amines is 2. The zero-order valence-corrected chi connectivity index (χ0v) is 15.4. The molecule has 5 rings (SSSR count). The van der Waals surface area contributed by atoms with Gasteiger partial charge in [0.05, 0.1) is 22.1 Å². The van der Waals surface area contributed by atoms with Crippen LogP contribution in [0.1, 0.15) is 10.4 Å². The highest BCUT2D eigenvalue weighted by Crippen LogP contribution is 2.29. The van der Waals surface area contributed by atoms with Gasteiger partial charge in [-0.25, -0.2) is 9.78 Å². The van der Waals surface area contributed by atoms with Crippen molar-refractivity contribution in [2.75, 3.05) is 38.1 Å². The quantitative estimate of drug-likeness (QED) is 0.508. The Labute approximate surface area is 160 Å². The molecule has 0 saturated carbocycles. The van der Waals surface area contributed by atoms with Gasteiger partial charge in [-0.2, -0.15) is 5.10 Å². The molecule has 0 bridgehead atoms. The van der Waals surface area contributed by atoms with Crippen LogP contribution in [0.5, 0.6) is 0 Å². The normalized spacial score (nSPS) is 15.5. The van der Waals surface area contributed by atoms with Crippen LogP contribution in [0.2, 0.25) is 0 Å². The largest absolute Gasteiger partial charge is 0.478 e. The summed E-state index contributed by atoms with van der Waals surface area (Å²) in [6.45, 7) is 4.12. The summed E-state index contributed by atoms with van der Waals surface area (Å²) in [5.41, 5.74) is 4.60. The summed E-state index contributed by atoms with van der Waals surface area (Å²) < 4.78 is 0. The van der Waals surface area contributed by atoms with Gasteiger partial charge in [0.15, 0.2) is 5.82 Å². The number of nitrogens with one attached hydrogen (secondary N) is 2. The van der Waals surface area contributed by atoms with Crippen molar-refractivity contribution in [2.24, 2.45) is 0 Å². The van der Waals surface area contributed by atoms with E-state index in [0.717, 1.165) is 48.1 Å². The number of hydrogen-bond acceptors (Lipinski definition) is 5. The van der Waals surface area contributed by atoms with Gasteiger partial charge in [-0.1, -0.05) is 0 Å². The molecule has 0 spiro atoms. The van der Waals surface area contributed by atoms with Crippen molar-refractivity contribution in [1.29, 1.82) is 0 Å². The minimum atomic E-state index is -0.963. The van der Waals surface area contributed by atoms with E-state index in [1.54, 1.807) is 18.2 Å². The zero-order chi connectivity index (χ0) is 19.3. The predicted molar refractivity (Wildman–Crippen MR) is 108 cm³/mol. The SMILES string of the molecule is CN1CCN(c2ccc3nc(-c4n[nH]c5ccc(C(=O)O)cc45)[nH]c3c2)CC1. The second kappa shape index (κ2) is 6.35. The first-order chi connectivity index (χ1) is 13.6. The number of benzene rings is 2. The summed E-state index contributed by atoms with van der Waals surface area (Å²) in [6.07, 6.45) is 0. The molecule has 3 N–H and O–H groups in total. The van der Waals surface area contributed by atoms with Crippen LogP contribution in [-0.4, -0.2) is 69.4 Å². The van der Waals surface area contributed by atoms with Crippen LogP contribution in [-0.2, 0) is 0 Å². The fraction of sp³-hybridized carbons (Fsp3) is 0.250. The molecule has 1 fully saturated rings. The third-order valence-electron chi connectivity index (χ3n) is 5.37. The summed E-state index contributed by atoms with van der Waals surface area (Å²) >= 11 is 0. The predicted octanol–water partition coefficient (Wildman–Crippen LogP) is 2.56. The van der Waals surface area contributed by atoms with Gasteiger partial charge >= 0.3 is 5.97 Å². The number of carbonyl (C=O) groups is 1. The Kier molecular flexibility index (Phi) is 3.80. The molecule has 0 amide bonds. The summed E-state index contributed by atoms with van der Waals surface area (Å²) in [4.78, 5) is 24.0. The van der Waals surface area contributed by atoms with E-state index < -0.39 is 5.97 Å². The lowest BCUT2D eigenvalue weighted by molar-refractivity contribution is 0.0697. The van der Waals surface area contributed by atoms with E-state index in [9.17, 15) is 9.90 Å². The van der Waals surface area contributed by atoms with Crippen LogP contribution < -0.4 is 4.90 Å². The van der Waals surface area contributed by atoms with E-state index >= 15 is 0 Å². The number of piperazine rings is 1. The highest BCUT2D eigenvalue weighted by molar-refractivity contribution is 5.98. The topological polar surface area (TPSA) is 101 Å². The number of nitrogens with zero attached hydrogens (tertiary/aromatic N) is 4. The Morgan fingerprint density at radius 3 is 2.68 bits per heavy atom. The number of carboxylic acids is 1. The van der Waals surface area contributed by atoms with Crippen LogP contribution in [0.15, 0.2) is 36.4 Å². The molecule has 0 atom stereocenters. The second-order valence-electron chi connectivity index (χ2n) is 7.21. The number of carboxylic acid groups (broad SMARTS) is 1. The van der Waals surface area contributed by atoms with Crippen LogP contribution in [0.4, 0.5) is 5.69 Å². The molecule has 2 aromatic carbocycles. The smallest absolute Gasteiger partial charge is 0.335 e. The highest BCUT2D eigenvalue weighted by atomic mass is 16.4. The highest BCUT2D eigenvalue weighted by Gasteiger charge is 2.17. The first-order valence-electron chi connectivity index (χ1n) is 9.23. The molecule has 0 unspecified atom stereocenters. The minimum Gasteiger partial charge on any atom is -0.478 e. The lowest BCUT2D eigenvalue weighted by Gasteiger charge is -2.34. The lowest BCUT2D eigenvalue weighted by Crippen LogP contribution is -2.44. The average Bonchev–Trinajstić information content (AvgIpc) is 3.31. The van der Waals surface area contributed by atoms with Crippen LogP contribution in [0.3, 0.4) is 0 Å². The van der Waals surface area contributed by atoms with Gasteiger partial charge in [0.2, 0.25) is 0 Å². The number of rotatable bonds is 3.